The van der Waals surface area contributed by atoms with Crippen LogP contribution in [0.15, 0.2) is 17.0 Å². The largest absolute Gasteiger partial charge is 0.733 e. The van der Waals surface area contributed by atoms with E-state index in [1.165, 1.54) is 13.2 Å². The Labute approximate surface area is 91.6 Å². The molecule has 0 fully saturated rings. The van der Waals surface area contributed by atoms with E-state index in [0.29, 0.717) is 11.4 Å². The first kappa shape index (κ1) is 10.4. The molecule has 0 radical (unpaired) electrons. The van der Waals surface area contributed by atoms with E-state index in [4.69, 9.17) is 9.94 Å². The average molecular weight is 227 g/mol. The van der Waals surface area contributed by atoms with Crippen molar-refractivity contribution < 1.29 is 9.94 Å². The molecule has 0 bridgehead atoms. The number of anilines is 2. The minimum absolute atomic E-state index is 0.139. The summed E-state index contributed by atoms with van der Waals surface area (Å²) >= 11 is 1.63. The molecule has 0 aliphatic carbocycles. The van der Waals surface area contributed by atoms with Crippen LogP contribution in [0.2, 0.25) is 0 Å². The highest BCUT2D eigenvalue weighted by atomic mass is 32.2. The molecule has 1 aliphatic heterocycles. The average Bonchev–Trinajstić information content (AvgIpc) is 2.27. The lowest BCUT2D eigenvalue weighted by Gasteiger charge is -2.29. The Morgan fingerprint density at radius 1 is 1.60 bits per heavy atom. The zero-order valence-corrected chi connectivity index (χ0v) is 9.00. The molecule has 1 aromatic rings. The predicted octanol–water partition coefficient (Wildman–Crippen LogP) is 1.91. The third-order valence-electron chi connectivity index (χ3n) is 2.16. The van der Waals surface area contributed by atoms with Gasteiger partial charge in [0.1, 0.15) is 5.75 Å². The molecule has 6 heteroatoms. The molecule has 5 nitrogen and oxygen atoms in total. The Morgan fingerprint density at radius 2 is 2.40 bits per heavy atom. The van der Waals surface area contributed by atoms with Gasteiger partial charge in [0.2, 0.25) is 0 Å². The van der Waals surface area contributed by atoms with Crippen molar-refractivity contribution in [1.29, 1.82) is 0 Å². The number of hydrogen-bond acceptors (Lipinski definition) is 6. The summed E-state index contributed by atoms with van der Waals surface area (Å²) in [7, 11) is 1.53. The number of nitrogens with zero attached hydrogens (tertiary/aromatic N) is 1. The third kappa shape index (κ3) is 1.97. The molecule has 1 heterocycles. The summed E-state index contributed by atoms with van der Waals surface area (Å²) in [6.07, 6.45) is 0. The van der Waals surface area contributed by atoms with Gasteiger partial charge in [-0.05, 0) is 6.07 Å². The Kier molecular flexibility index (Phi) is 2.90. The van der Waals surface area contributed by atoms with Gasteiger partial charge in [0.05, 0.1) is 18.5 Å². The van der Waals surface area contributed by atoms with E-state index in [0.717, 1.165) is 17.2 Å². The van der Waals surface area contributed by atoms with Gasteiger partial charge in [0.25, 0.3) is 0 Å². The van der Waals surface area contributed by atoms with E-state index in [2.05, 4.69) is 5.32 Å². The SMILES string of the molecule is COc1cc2c(c(N([O-])O)c1)NCCS2. The molecule has 0 unspecified atom stereocenters. The van der Waals surface area contributed by atoms with Crippen molar-refractivity contribution >= 4 is 23.1 Å². The lowest BCUT2D eigenvalue weighted by atomic mass is 10.2. The van der Waals surface area contributed by atoms with Gasteiger partial charge in [-0.15, -0.1) is 11.8 Å². The maximum atomic E-state index is 11.0. The maximum Gasteiger partial charge on any atom is 0.122 e. The van der Waals surface area contributed by atoms with Gasteiger partial charge < -0.3 is 20.5 Å². The summed E-state index contributed by atoms with van der Waals surface area (Å²) < 4.78 is 5.05. The van der Waals surface area contributed by atoms with Crippen LogP contribution in [0.5, 0.6) is 5.75 Å². The topological polar surface area (TPSA) is 67.8 Å². The third-order valence-corrected chi connectivity index (χ3v) is 3.20. The minimum atomic E-state index is -0.139. The number of thioether (sulfide) groups is 1. The molecule has 0 amide bonds. The predicted molar refractivity (Wildman–Crippen MR) is 59.8 cm³/mol. The maximum absolute atomic E-state index is 11.0. The fraction of sp³-hybridized carbons (Fsp3) is 0.333. The summed E-state index contributed by atoms with van der Waals surface area (Å²) in [5.74, 6) is 1.50. The highest BCUT2D eigenvalue weighted by Gasteiger charge is 2.15. The van der Waals surface area contributed by atoms with E-state index in [1.807, 2.05) is 6.07 Å². The molecule has 2 N–H and O–H groups in total. The second-order valence-corrected chi connectivity index (χ2v) is 4.20. The summed E-state index contributed by atoms with van der Waals surface area (Å²) in [5, 5.41) is 22.9. The van der Waals surface area contributed by atoms with Crippen LogP contribution in [0.1, 0.15) is 0 Å². The van der Waals surface area contributed by atoms with Gasteiger partial charge >= 0.3 is 0 Å². The fourth-order valence-corrected chi connectivity index (χ4v) is 2.42. The van der Waals surface area contributed by atoms with Crippen molar-refractivity contribution in [2.24, 2.45) is 0 Å². The molecule has 1 aromatic carbocycles. The van der Waals surface area contributed by atoms with Crippen molar-refractivity contribution in [3.8, 4) is 5.75 Å². The van der Waals surface area contributed by atoms with Crippen molar-refractivity contribution in [2.75, 3.05) is 30.0 Å². The van der Waals surface area contributed by atoms with Crippen LogP contribution < -0.4 is 15.3 Å². The first-order chi connectivity index (χ1) is 7.22. The molecule has 0 atom stereocenters. The summed E-state index contributed by atoms with van der Waals surface area (Å²) in [5.41, 5.74) is 0.862. The summed E-state index contributed by atoms with van der Waals surface area (Å²) in [6, 6.07) is 3.35. The number of ether oxygens (including phenoxy) is 1. The van der Waals surface area contributed by atoms with Crippen LogP contribution in [0.25, 0.3) is 0 Å². The Morgan fingerprint density at radius 3 is 3.07 bits per heavy atom. The summed E-state index contributed by atoms with van der Waals surface area (Å²) in [4.78, 5) is 0.922. The molecule has 0 saturated heterocycles. The van der Waals surface area contributed by atoms with E-state index >= 15 is 0 Å². The monoisotopic (exact) mass is 227 g/mol. The van der Waals surface area contributed by atoms with Crippen LogP contribution in [0.3, 0.4) is 0 Å². The van der Waals surface area contributed by atoms with Crippen molar-refractivity contribution in [1.82, 2.24) is 0 Å². The quantitative estimate of drug-likeness (QED) is 0.752. The highest BCUT2D eigenvalue weighted by molar-refractivity contribution is 7.99. The van der Waals surface area contributed by atoms with Gasteiger partial charge in [-0.25, -0.2) is 0 Å². The number of fused-ring (bicyclic) bond motifs is 1. The molecule has 0 aromatic heterocycles. The van der Waals surface area contributed by atoms with Crippen LogP contribution in [0.4, 0.5) is 11.4 Å². The van der Waals surface area contributed by atoms with Crippen molar-refractivity contribution in [2.45, 2.75) is 4.90 Å². The van der Waals surface area contributed by atoms with Crippen molar-refractivity contribution in [3.05, 3.63) is 17.3 Å². The van der Waals surface area contributed by atoms with E-state index < -0.39 is 0 Å². The minimum Gasteiger partial charge on any atom is -0.733 e. The van der Waals surface area contributed by atoms with Crippen LogP contribution in [0, 0.1) is 5.21 Å². The van der Waals surface area contributed by atoms with Gasteiger partial charge in [0, 0.05) is 23.3 Å². The number of methoxy groups -OCH3 is 1. The zero-order valence-electron chi connectivity index (χ0n) is 8.19. The summed E-state index contributed by atoms with van der Waals surface area (Å²) in [6.45, 7) is 0.783. The van der Waals surface area contributed by atoms with Crippen LogP contribution in [-0.4, -0.2) is 24.6 Å². The number of rotatable bonds is 2. The lowest BCUT2D eigenvalue weighted by Crippen LogP contribution is -2.16. The van der Waals surface area contributed by atoms with Gasteiger partial charge in [-0.1, -0.05) is 0 Å². The number of hydrogen-bond donors (Lipinski definition) is 2. The van der Waals surface area contributed by atoms with E-state index in [1.54, 1.807) is 11.8 Å². The second kappa shape index (κ2) is 4.18. The zero-order chi connectivity index (χ0) is 10.8. The first-order valence-corrected chi connectivity index (χ1v) is 5.46. The van der Waals surface area contributed by atoms with E-state index in [9.17, 15) is 5.21 Å². The molecular formula is C9H11N2O3S-. The molecular weight excluding hydrogens is 216 g/mol. The molecule has 15 heavy (non-hydrogen) atoms. The molecule has 0 saturated carbocycles. The molecule has 1 aliphatic rings. The number of nitrogens with one attached hydrogen (secondary N) is 1. The van der Waals surface area contributed by atoms with Crippen LogP contribution >= 0.6 is 11.8 Å². The fourth-order valence-electron chi connectivity index (χ4n) is 1.47. The van der Waals surface area contributed by atoms with Gasteiger partial charge in [-0.3, -0.25) is 5.21 Å². The van der Waals surface area contributed by atoms with Gasteiger partial charge in [0.15, 0.2) is 0 Å². The van der Waals surface area contributed by atoms with Crippen LogP contribution in [-0.2, 0) is 0 Å². The Bertz CT molecular complexity index is 371. The standard InChI is InChI=1S/C9H11N2O3S/c1-14-6-4-7(11(12)13)9-8(5-6)15-3-2-10-9/h4-5,10,12H,2-3H2,1H3/q-1. The van der Waals surface area contributed by atoms with Gasteiger partial charge in [-0.2, -0.15) is 0 Å². The first-order valence-electron chi connectivity index (χ1n) is 4.47. The Balaban J connectivity index is 2.50. The smallest absolute Gasteiger partial charge is 0.122 e. The molecule has 0 spiro atoms. The lowest BCUT2D eigenvalue weighted by molar-refractivity contribution is 0.296. The van der Waals surface area contributed by atoms with Crippen molar-refractivity contribution in [3.63, 3.8) is 0 Å². The Hall–Kier alpha value is -1.11. The van der Waals surface area contributed by atoms with E-state index in [-0.39, 0.29) is 10.9 Å². The molecule has 2 rings (SSSR count). The normalized spacial score (nSPS) is 14.1. The second-order valence-electron chi connectivity index (χ2n) is 3.07. The molecule has 82 valence electrons. The number of benzene rings is 1. The highest BCUT2D eigenvalue weighted by Crippen LogP contribution is 2.41.